The minimum absolute atomic E-state index is 0.529. The van der Waals surface area contributed by atoms with Gasteiger partial charge in [-0.1, -0.05) is 45.4 Å². The SMILES string of the molecule is CCCC(C)C(NCC)c1ccc2c(c1)CCC2. The maximum atomic E-state index is 3.67. The van der Waals surface area contributed by atoms with Gasteiger partial charge in [-0.05, 0) is 54.8 Å². The second kappa shape index (κ2) is 6.38. The first-order valence-electron chi connectivity index (χ1n) is 7.61. The van der Waals surface area contributed by atoms with Crippen molar-refractivity contribution in [3.05, 3.63) is 34.9 Å². The normalized spacial score (nSPS) is 17.5. The lowest BCUT2D eigenvalue weighted by Gasteiger charge is -2.25. The first kappa shape index (κ1) is 13.6. The van der Waals surface area contributed by atoms with E-state index in [4.69, 9.17) is 0 Å². The van der Waals surface area contributed by atoms with Crippen LogP contribution >= 0.6 is 0 Å². The third-order valence-corrected chi connectivity index (χ3v) is 4.22. The monoisotopic (exact) mass is 245 g/mol. The molecule has 1 nitrogen and oxygen atoms in total. The summed E-state index contributed by atoms with van der Waals surface area (Å²) in [7, 11) is 0. The van der Waals surface area contributed by atoms with Gasteiger partial charge in [0.15, 0.2) is 0 Å². The third kappa shape index (κ3) is 2.95. The van der Waals surface area contributed by atoms with Gasteiger partial charge in [0.2, 0.25) is 0 Å². The van der Waals surface area contributed by atoms with E-state index in [-0.39, 0.29) is 0 Å². The fourth-order valence-electron chi connectivity index (χ4n) is 3.27. The Labute approximate surface area is 112 Å². The maximum absolute atomic E-state index is 3.67. The van der Waals surface area contributed by atoms with Crippen molar-refractivity contribution in [2.75, 3.05) is 6.54 Å². The first-order valence-corrected chi connectivity index (χ1v) is 7.61. The lowest BCUT2D eigenvalue weighted by Crippen LogP contribution is -2.27. The Morgan fingerprint density at radius 3 is 2.67 bits per heavy atom. The molecule has 18 heavy (non-hydrogen) atoms. The van der Waals surface area contributed by atoms with Gasteiger partial charge in [0.1, 0.15) is 0 Å². The number of fused-ring (bicyclic) bond motifs is 1. The van der Waals surface area contributed by atoms with E-state index in [1.165, 1.54) is 37.7 Å². The van der Waals surface area contributed by atoms with E-state index in [0.717, 1.165) is 12.5 Å². The molecule has 1 aromatic rings. The molecule has 0 aliphatic heterocycles. The van der Waals surface area contributed by atoms with Crippen LogP contribution in [-0.2, 0) is 12.8 Å². The van der Waals surface area contributed by atoms with Crippen LogP contribution in [0.15, 0.2) is 18.2 Å². The molecule has 1 aliphatic carbocycles. The summed E-state index contributed by atoms with van der Waals surface area (Å²) >= 11 is 0. The molecule has 1 N–H and O–H groups in total. The van der Waals surface area contributed by atoms with E-state index in [2.05, 4.69) is 44.3 Å². The van der Waals surface area contributed by atoms with Gasteiger partial charge >= 0.3 is 0 Å². The van der Waals surface area contributed by atoms with Gasteiger partial charge in [0.05, 0.1) is 0 Å². The summed E-state index contributed by atoms with van der Waals surface area (Å²) in [6.45, 7) is 7.92. The second-order valence-corrected chi connectivity index (χ2v) is 5.68. The smallest absolute Gasteiger partial charge is 0.0346 e. The fraction of sp³-hybridized carbons (Fsp3) is 0.647. The number of nitrogens with one attached hydrogen (secondary N) is 1. The Kier molecular flexibility index (Phi) is 4.82. The van der Waals surface area contributed by atoms with Gasteiger partial charge in [-0.15, -0.1) is 0 Å². The summed E-state index contributed by atoms with van der Waals surface area (Å²) in [4.78, 5) is 0. The van der Waals surface area contributed by atoms with Crippen molar-refractivity contribution in [3.8, 4) is 0 Å². The highest BCUT2D eigenvalue weighted by molar-refractivity contribution is 5.36. The van der Waals surface area contributed by atoms with Gasteiger partial charge < -0.3 is 5.32 Å². The molecular formula is C17H27N. The highest BCUT2D eigenvalue weighted by Gasteiger charge is 2.19. The predicted molar refractivity (Wildman–Crippen MR) is 79.0 cm³/mol. The summed E-state index contributed by atoms with van der Waals surface area (Å²) in [6, 6.07) is 7.70. The van der Waals surface area contributed by atoms with Crippen LogP contribution in [0.5, 0.6) is 0 Å². The summed E-state index contributed by atoms with van der Waals surface area (Å²) in [6.07, 6.45) is 6.48. The molecule has 0 bridgehead atoms. The number of hydrogen-bond donors (Lipinski definition) is 1. The number of aryl methyl sites for hydroxylation is 2. The molecule has 0 amide bonds. The molecule has 0 saturated heterocycles. The van der Waals surface area contributed by atoms with Gasteiger partial charge in [0, 0.05) is 6.04 Å². The summed E-state index contributed by atoms with van der Waals surface area (Å²) in [5, 5.41) is 3.67. The van der Waals surface area contributed by atoms with Gasteiger partial charge in [-0.25, -0.2) is 0 Å². The van der Waals surface area contributed by atoms with Crippen molar-refractivity contribution < 1.29 is 0 Å². The van der Waals surface area contributed by atoms with Crippen LogP contribution in [0.4, 0.5) is 0 Å². The molecule has 1 heteroatoms. The summed E-state index contributed by atoms with van der Waals surface area (Å²) in [5.74, 6) is 0.717. The van der Waals surface area contributed by atoms with Crippen LogP contribution in [0.25, 0.3) is 0 Å². The molecule has 2 rings (SSSR count). The van der Waals surface area contributed by atoms with E-state index in [1.807, 2.05) is 0 Å². The molecule has 0 radical (unpaired) electrons. The van der Waals surface area contributed by atoms with Gasteiger partial charge in [0.25, 0.3) is 0 Å². The standard InChI is InChI=1S/C17H27N/c1-4-7-13(3)17(18-5-2)16-11-10-14-8-6-9-15(14)12-16/h10-13,17-18H,4-9H2,1-3H3. The minimum Gasteiger partial charge on any atom is -0.310 e. The maximum Gasteiger partial charge on any atom is 0.0346 e. The first-order chi connectivity index (χ1) is 8.76. The van der Waals surface area contributed by atoms with Crippen LogP contribution in [0.2, 0.25) is 0 Å². The van der Waals surface area contributed by atoms with Crippen molar-refractivity contribution in [2.45, 2.75) is 58.9 Å². The molecule has 1 aromatic carbocycles. The van der Waals surface area contributed by atoms with Gasteiger partial charge in [-0.3, -0.25) is 0 Å². The molecule has 0 spiro atoms. The van der Waals surface area contributed by atoms with Crippen LogP contribution in [-0.4, -0.2) is 6.54 Å². The van der Waals surface area contributed by atoms with E-state index >= 15 is 0 Å². The zero-order valence-corrected chi connectivity index (χ0v) is 12.1. The molecule has 2 unspecified atom stereocenters. The highest BCUT2D eigenvalue weighted by Crippen LogP contribution is 2.30. The molecule has 1 aliphatic rings. The van der Waals surface area contributed by atoms with Crippen molar-refractivity contribution in [1.29, 1.82) is 0 Å². The Bertz CT molecular complexity index is 383. The Morgan fingerprint density at radius 1 is 1.17 bits per heavy atom. The average molecular weight is 245 g/mol. The second-order valence-electron chi connectivity index (χ2n) is 5.68. The van der Waals surface area contributed by atoms with Crippen LogP contribution in [0.3, 0.4) is 0 Å². The Balaban J connectivity index is 2.19. The molecule has 100 valence electrons. The van der Waals surface area contributed by atoms with E-state index in [0.29, 0.717) is 6.04 Å². The average Bonchev–Trinajstić information content (AvgIpc) is 2.83. The molecule has 0 aromatic heterocycles. The fourth-order valence-corrected chi connectivity index (χ4v) is 3.27. The number of benzene rings is 1. The molecule has 0 fully saturated rings. The largest absolute Gasteiger partial charge is 0.310 e. The van der Waals surface area contributed by atoms with Crippen LogP contribution in [0, 0.1) is 5.92 Å². The number of rotatable bonds is 6. The Morgan fingerprint density at radius 2 is 1.94 bits per heavy atom. The Hall–Kier alpha value is -0.820. The summed E-state index contributed by atoms with van der Waals surface area (Å²) in [5.41, 5.74) is 4.68. The topological polar surface area (TPSA) is 12.0 Å². The van der Waals surface area contributed by atoms with Crippen molar-refractivity contribution in [1.82, 2.24) is 5.32 Å². The number of hydrogen-bond acceptors (Lipinski definition) is 1. The molecule has 2 atom stereocenters. The predicted octanol–water partition coefficient (Wildman–Crippen LogP) is 4.26. The molecule has 0 saturated carbocycles. The van der Waals surface area contributed by atoms with E-state index in [1.54, 1.807) is 11.1 Å². The molecular weight excluding hydrogens is 218 g/mol. The zero-order valence-electron chi connectivity index (χ0n) is 12.1. The zero-order chi connectivity index (χ0) is 13.0. The summed E-state index contributed by atoms with van der Waals surface area (Å²) < 4.78 is 0. The molecule has 0 heterocycles. The van der Waals surface area contributed by atoms with Gasteiger partial charge in [-0.2, -0.15) is 0 Å². The lowest BCUT2D eigenvalue weighted by molar-refractivity contribution is 0.369. The van der Waals surface area contributed by atoms with Crippen molar-refractivity contribution in [2.24, 2.45) is 5.92 Å². The highest BCUT2D eigenvalue weighted by atomic mass is 14.9. The van der Waals surface area contributed by atoms with Crippen molar-refractivity contribution >= 4 is 0 Å². The van der Waals surface area contributed by atoms with E-state index in [9.17, 15) is 0 Å². The third-order valence-electron chi connectivity index (χ3n) is 4.22. The minimum atomic E-state index is 0.529. The van der Waals surface area contributed by atoms with Crippen LogP contribution in [0.1, 0.15) is 62.8 Å². The lowest BCUT2D eigenvalue weighted by atomic mass is 9.89. The van der Waals surface area contributed by atoms with E-state index < -0.39 is 0 Å². The van der Waals surface area contributed by atoms with Crippen LogP contribution < -0.4 is 5.32 Å². The van der Waals surface area contributed by atoms with Crippen molar-refractivity contribution in [3.63, 3.8) is 0 Å². The quantitative estimate of drug-likeness (QED) is 0.789.